The van der Waals surface area contributed by atoms with Gasteiger partial charge in [0, 0.05) is 13.0 Å². The Kier molecular flexibility index (Phi) is 3.50. The molecule has 0 bridgehead atoms. The second-order valence-electron chi connectivity index (χ2n) is 5.69. The summed E-state index contributed by atoms with van der Waals surface area (Å²) in [5.41, 5.74) is -0.362. The standard InChI is InChI=1S/C15H13ClN4O4/c16-10-4-2-1-3-9(10)12-19-18-11(24-12)7-20-13(21)15(17-14(20)22)5-6-23-8-15/h1-4H,5-8H2,(H,17,22). The van der Waals surface area contributed by atoms with E-state index in [9.17, 15) is 9.59 Å². The number of halogens is 1. The topological polar surface area (TPSA) is 97.6 Å². The molecule has 0 radical (unpaired) electrons. The summed E-state index contributed by atoms with van der Waals surface area (Å²) in [5, 5.41) is 11.0. The lowest BCUT2D eigenvalue weighted by Gasteiger charge is -2.17. The molecule has 1 aromatic carbocycles. The van der Waals surface area contributed by atoms with E-state index in [0.29, 0.717) is 23.6 Å². The molecule has 1 aromatic heterocycles. The van der Waals surface area contributed by atoms with E-state index < -0.39 is 11.6 Å². The van der Waals surface area contributed by atoms with Crippen LogP contribution in [0, 0.1) is 0 Å². The quantitative estimate of drug-likeness (QED) is 0.846. The Balaban J connectivity index is 1.55. The zero-order chi connectivity index (χ0) is 16.7. The largest absolute Gasteiger partial charge is 0.419 e. The van der Waals surface area contributed by atoms with Gasteiger partial charge in [0.25, 0.3) is 5.91 Å². The van der Waals surface area contributed by atoms with E-state index in [2.05, 4.69) is 15.5 Å². The van der Waals surface area contributed by atoms with Gasteiger partial charge in [-0.1, -0.05) is 23.7 Å². The molecule has 124 valence electrons. The lowest BCUT2D eigenvalue weighted by Crippen LogP contribution is -2.47. The van der Waals surface area contributed by atoms with Gasteiger partial charge in [-0.2, -0.15) is 0 Å². The monoisotopic (exact) mass is 348 g/mol. The lowest BCUT2D eigenvalue weighted by molar-refractivity contribution is -0.131. The maximum Gasteiger partial charge on any atom is 0.325 e. The van der Waals surface area contributed by atoms with Crippen molar-refractivity contribution >= 4 is 23.5 Å². The Morgan fingerprint density at radius 2 is 2.12 bits per heavy atom. The number of benzene rings is 1. The zero-order valence-electron chi connectivity index (χ0n) is 12.5. The fourth-order valence-electron chi connectivity index (χ4n) is 2.85. The number of rotatable bonds is 3. The minimum absolute atomic E-state index is 0.0934. The molecule has 0 saturated carbocycles. The van der Waals surface area contributed by atoms with E-state index in [0.717, 1.165) is 4.90 Å². The molecule has 4 rings (SSSR count). The maximum absolute atomic E-state index is 12.5. The van der Waals surface area contributed by atoms with Crippen molar-refractivity contribution < 1.29 is 18.7 Å². The molecule has 1 atom stereocenters. The van der Waals surface area contributed by atoms with Crippen LogP contribution in [-0.4, -0.2) is 45.8 Å². The lowest BCUT2D eigenvalue weighted by atomic mass is 9.99. The summed E-state index contributed by atoms with van der Waals surface area (Å²) in [6.07, 6.45) is 0.461. The van der Waals surface area contributed by atoms with E-state index in [-0.39, 0.29) is 30.8 Å². The number of hydrogen-bond acceptors (Lipinski definition) is 6. The molecule has 2 fully saturated rings. The molecule has 2 aliphatic heterocycles. The van der Waals surface area contributed by atoms with Crippen LogP contribution in [0.15, 0.2) is 28.7 Å². The van der Waals surface area contributed by atoms with Gasteiger partial charge in [-0.25, -0.2) is 4.79 Å². The van der Waals surface area contributed by atoms with Gasteiger partial charge in [0.05, 0.1) is 17.2 Å². The SMILES string of the molecule is O=C1NC2(CCOC2)C(=O)N1Cc1nnc(-c2ccccc2Cl)o1. The van der Waals surface area contributed by atoms with E-state index in [1.807, 2.05) is 0 Å². The minimum atomic E-state index is -0.956. The normalized spacial score (nSPS) is 23.3. The van der Waals surface area contributed by atoms with E-state index in [1.165, 1.54) is 0 Å². The number of ether oxygens (including phenoxy) is 1. The van der Waals surface area contributed by atoms with Gasteiger partial charge >= 0.3 is 6.03 Å². The average molecular weight is 349 g/mol. The van der Waals surface area contributed by atoms with Gasteiger partial charge in [-0.3, -0.25) is 9.69 Å². The second kappa shape index (κ2) is 5.57. The number of aromatic nitrogens is 2. The number of hydrogen-bond donors (Lipinski definition) is 1. The molecular formula is C15H13ClN4O4. The van der Waals surface area contributed by atoms with Gasteiger partial charge in [0.15, 0.2) is 0 Å². The first-order valence-corrected chi connectivity index (χ1v) is 7.76. The van der Waals surface area contributed by atoms with Crippen LogP contribution in [-0.2, 0) is 16.1 Å². The number of urea groups is 1. The van der Waals surface area contributed by atoms with Crippen LogP contribution < -0.4 is 5.32 Å². The summed E-state index contributed by atoms with van der Waals surface area (Å²) in [7, 11) is 0. The second-order valence-corrected chi connectivity index (χ2v) is 6.09. The average Bonchev–Trinajstić information content (AvgIpc) is 3.26. The zero-order valence-corrected chi connectivity index (χ0v) is 13.2. The Morgan fingerprint density at radius 1 is 1.29 bits per heavy atom. The molecular weight excluding hydrogens is 336 g/mol. The molecule has 1 N–H and O–H groups in total. The van der Waals surface area contributed by atoms with Crippen molar-refractivity contribution in [1.29, 1.82) is 0 Å². The van der Waals surface area contributed by atoms with Crippen molar-refractivity contribution in [3.05, 3.63) is 35.2 Å². The summed E-state index contributed by atoms with van der Waals surface area (Å²) in [5.74, 6) is 0.0634. The number of carbonyl (C=O) groups is 2. The van der Waals surface area contributed by atoms with Crippen LogP contribution in [0.5, 0.6) is 0 Å². The van der Waals surface area contributed by atoms with Crippen molar-refractivity contribution in [3.63, 3.8) is 0 Å². The third-order valence-electron chi connectivity index (χ3n) is 4.13. The van der Waals surface area contributed by atoms with Crippen LogP contribution in [0.1, 0.15) is 12.3 Å². The van der Waals surface area contributed by atoms with Gasteiger partial charge in [0.1, 0.15) is 12.1 Å². The van der Waals surface area contributed by atoms with E-state index >= 15 is 0 Å². The third-order valence-corrected chi connectivity index (χ3v) is 4.46. The van der Waals surface area contributed by atoms with E-state index in [4.69, 9.17) is 20.8 Å². The minimum Gasteiger partial charge on any atom is -0.419 e. The first-order valence-electron chi connectivity index (χ1n) is 7.38. The first kappa shape index (κ1) is 15.1. The summed E-state index contributed by atoms with van der Waals surface area (Å²) in [6.45, 7) is 0.531. The van der Waals surface area contributed by atoms with Crippen molar-refractivity contribution in [1.82, 2.24) is 20.4 Å². The van der Waals surface area contributed by atoms with E-state index in [1.54, 1.807) is 24.3 Å². The van der Waals surface area contributed by atoms with Crippen molar-refractivity contribution in [2.45, 2.75) is 18.5 Å². The number of nitrogens with one attached hydrogen (secondary N) is 1. The molecule has 2 aliphatic rings. The Morgan fingerprint density at radius 3 is 2.88 bits per heavy atom. The van der Waals surface area contributed by atoms with Crippen LogP contribution in [0.2, 0.25) is 5.02 Å². The van der Waals surface area contributed by atoms with Gasteiger partial charge in [-0.05, 0) is 12.1 Å². The third kappa shape index (κ3) is 2.35. The fraction of sp³-hybridized carbons (Fsp3) is 0.333. The highest BCUT2D eigenvalue weighted by molar-refractivity contribution is 6.33. The molecule has 3 amide bonds. The number of imide groups is 1. The first-order chi connectivity index (χ1) is 11.6. The highest BCUT2D eigenvalue weighted by atomic mass is 35.5. The molecule has 1 unspecified atom stereocenters. The van der Waals surface area contributed by atoms with Crippen LogP contribution in [0.4, 0.5) is 4.79 Å². The molecule has 2 aromatic rings. The smallest absolute Gasteiger partial charge is 0.325 e. The van der Waals surface area contributed by atoms with Crippen LogP contribution in [0.25, 0.3) is 11.5 Å². The van der Waals surface area contributed by atoms with Crippen molar-refractivity contribution in [2.24, 2.45) is 0 Å². The number of amides is 3. The van der Waals surface area contributed by atoms with Gasteiger partial charge < -0.3 is 14.5 Å². The van der Waals surface area contributed by atoms with Crippen molar-refractivity contribution in [2.75, 3.05) is 13.2 Å². The van der Waals surface area contributed by atoms with Gasteiger partial charge in [0.2, 0.25) is 11.8 Å². The highest BCUT2D eigenvalue weighted by Crippen LogP contribution is 2.29. The summed E-state index contributed by atoms with van der Waals surface area (Å²) in [4.78, 5) is 25.7. The molecule has 24 heavy (non-hydrogen) atoms. The Labute approximate surface area is 141 Å². The number of carbonyl (C=O) groups excluding carboxylic acids is 2. The molecule has 9 heteroatoms. The predicted molar refractivity (Wildman–Crippen MR) is 82.0 cm³/mol. The number of nitrogens with zero attached hydrogens (tertiary/aromatic N) is 3. The summed E-state index contributed by atoms with van der Waals surface area (Å²) < 4.78 is 10.8. The highest BCUT2D eigenvalue weighted by Gasteiger charge is 2.53. The predicted octanol–water partition coefficient (Wildman–Crippen LogP) is 1.60. The molecule has 3 heterocycles. The fourth-order valence-corrected chi connectivity index (χ4v) is 3.06. The van der Waals surface area contributed by atoms with Crippen LogP contribution in [0.3, 0.4) is 0 Å². The Bertz CT molecular complexity index is 815. The van der Waals surface area contributed by atoms with Crippen LogP contribution >= 0.6 is 11.6 Å². The maximum atomic E-state index is 12.5. The summed E-state index contributed by atoms with van der Waals surface area (Å²) >= 11 is 6.10. The van der Waals surface area contributed by atoms with Crippen molar-refractivity contribution in [3.8, 4) is 11.5 Å². The molecule has 8 nitrogen and oxygen atoms in total. The molecule has 2 saturated heterocycles. The van der Waals surface area contributed by atoms with Gasteiger partial charge in [-0.15, -0.1) is 10.2 Å². The molecule has 0 aliphatic carbocycles. The Hall–Kier alpha value is -2.45. The summed E-state index contributed by atoms with van der Waals surface area (Å²) in [6, 6.07) is 6.56. The molecule has 1 spiro atoms.